The molecule has 3 N–H and O–H groups in total. The summed E-state index contributed by atoms with van der Waals surface area (Å²) >= 11 is 0. The topological polar surface area (TPSA) is 186 Å². The van der Waals surface area contributed by atoms with E-state index < -0.39 is 74.1 Å². The molecule has 3 fully saturated rings. The summed E-state index contributed by atoms with van der Waals surface area (Å²) in [5.74, 6) is -2.62. The molecule has 1 saturated heterocycles. The number of sulfonamides is 1. The van der Waals surface area contributed by atoms with Gasteiger partial charge < -0.3 is 25.0 Å². The van der Waals surface area contributed by atoms with Gasteiger partial charge >= 0.3 is 12.1 Å². The number of hydrogen-bond acceptors (Lipinski definition) is 10. The maximum Gasteiger partial charge on any atom is 0.407 e. The number of benzene rings is 1. The molecule has 0 spiro atoms. The fourth-order valence-electron chi connectivity index (χ4n) is 5.70. The van der Waals surface area contributed by atoms with E-state index in [1.54, 1.807) is 33.0 Å². The number of carbonyl (C=O) groups excluding carboxylic acids is 4. The summed E-state index contributed by atoms with van der Waals surface area (Å²) in [4.78, 5) is 63.7. The Morgan fingerprint density at radius 2 is 1.83 bits per heavy atom. The van der Waals surface area contributed by atoms with Gasteiger partial charge in [0.2, 0.25) is 21.8 Å². The highest BCUT2D eigenvalue weighted by molar-refractivity contribution is 7.91. The van der Waals surface area contributed by atoms with Gasteiger partial charge in [0.05, 0.1) is 24.6 Å². The fraction of sp³-hybridized carbons (Fsp3) is 0.500. The number of nitrogens with one attached hydrogen (secondary N) is 3. The molecule has 2 aromatic rings. The molecule has 4 amide bonds. The number of aromatic nitrogens is 2. The third kappa shape index (κ3) is 7.39. The molecule has 1 aromatic heterocycles. The molecule has 2 aliphatic carbocycles. The van der Waals surface area contributed by atoms with Crippen molar-refractivity contribution < 1.29 is 37.1 Å². The summed E-state index contributed by atoms with van der Waals surface area (Å²) in [6.45, 7) is 8.94. The second kappa shape index (κ2) is 12.9. The molecule has 47 heavy (non-hydrogen) atoms. The average molecular weight is 669 g/mol. The van der Waals surface area contributed by atoms with Crippen molar-refractivity contribution in [3.63, 3.8) is 0 Å². The molecule has 5 unspecified atom stereocenters. The first-order chi connectivity index (χ1) is 22.2. The lowest BCUT2D eigenvalue weighted by atomic mass is 9.85. The quantitative estimate of drug-likeness (QED) is 0.299. The van der Waals surface area contributed by atoms with Crippen LogP contribution >= 0.6 is 0 Å². The maximum absolute atomic E-state index is 14.1. The number of hydrogen-bond donors (Lipinski definition) is 3. The molecular formula is C32H40N6O8S. The average Bonchev–Trinajstić information content (AvgIpc) is 3.96. The minimum atomic E-state index is -3.88. The Morgan fingerprint density at radius 1 is 1.13 bits per heavy atom. The van der Waals surface area contributed by atoms with Crippen LogP contribution in [0.5, 0.6) is 6.01 Å². The van der Waals surface area contributed by atoms with Crippen molar-refractivity contribution in [1.82, 2.24) is 30.2 Å². The minimum Gasteiger partial charge on any atom is -0.458 e. The van der Waals surface area contributed by atoms with E-state index >= 15 is 0 Å². The summed E-state index contributed by atoms with van der Waals surface area (Å²) in [7, 11) is -2.71. The SMILES string of the molecule is C=CC1CC1(NC(=O)C1CC(Oc2nccc(-c3ccccc3)n2)CN1C(=O)C(NC(=O)OC)C(C)(C)C)C(=O)NS(=O)(=O)C1CC1. The van der Waals surface area contributed by atoms with Crippen LogP contribution in [0.4, 0.5) is 4.79 Å². The van der Waals surface area contributed by atoms with E-state index in [4.69, 9.17) is 9.47 Å². The summed E-state index contributed by atoms with van der Waals surface area (Å²) in [6.07, 6.45) is 2.53. The van der Waals surface area contributed by atoms with Crippen LogP contribution in [0.2, 0.25) is 0 Å². The molecule has 14 nitrogen and oxygen atoms in total. The van der Waals surface area contributed by atoms with E-state index in [1.165, 1.54) is 18.1 Å². The maximum atomic E-state index is 14.1. The number of likely N-dealkylation sites (tertiary alicyclic amines) is 1. The van der Waals surface area contributed by atoms with Crippen LogP contribution in [-0.2, 0) is 29.1 Å². The number of nitrogens with zero attached hydrogens (tertiary/aromatic N) is 3. The first kappa shape index (κ1) is 33.8. The zero-order chi connectivity index (χ0) is 34.1. The molecule has 5 rings (SSSR count). The smallest absolute Gasteiger partial charge is 0.407 e. The van der Waals surface area contributed by atoms with Gasteiger partial charge in [-0.25, -0.2) is 18.2 Å². The van der Waals surface area contributed by atoms with Crippen LogP contribution in [0.1, 0.15) is 46.5 Å². The summed E-state index contributed by atoms with van der Waals surface area (Å²) in [6, 6.07) is 8.94. The van der Waals surface area contributed by atoms with Gasteiger partial charge in [-0.15, -0.1) is 6.58 Å². The largest absolute Gasteiger partial charge is 0.458 e. The Kier molecular flexibility index (Phi) is 9.31. The fourth-order valence-corrected chi connectivity index (χ4v) is 7.07. The highest BCUT2D eigenvalue weighted by Crippen LogP contribution is 2.45. The Balaban J connectivity index is 1.41. The second-order valence-corrected chi connectivity index (χ2v) is 15.2. The van der Waals surface area contributed by atoms with Crippen LogP contribution in [0, 0.1) is 11.3 Å². The number of rotatable bonds is 11. The van der Waals surface area contributed by atoms with E-state index in [2.05, 4.69) is 31.9 Å². The van der Waals surface area contributed by atoms with Gasteiger partial charge in [0, 0.05) is 24.1 Å². The van der Waals surface area contributed by atoms with Crippen LogP contribution in [0.3, 0.4) is 0 Å². The van der Waals surface area contributed by atoms with Crippen molar-refractivity contribution in [3.05, 3.63) is 55.3 Å². The molecule has 2 saturated carbocycles. The van der Waals surface area contributed by atoms with Crippen molar-refractivity contribution in [3.8, 4) is 17.3 Å². The van der Waals surface area contributed by atoms with Crippen LogP contribution in [0.25, 0.3) is 11.3 Å². The normalized spacial score (nSPS) is 24.4. The molecule has 5 atom stereocenters. The molecule has 3 aliphatic rings. The molecule has 0 bridgehead atoms. The Hall–Kier alpha value is -4.53. The van der Waals surface area contributed by atoms with Gasteiger partial charge in [-0.3, -0.25) is 19.1 Å². The lowest BCUT2D eigenvalue weighted by molar-refractivity contribution is -0.142. The molecule has 252 valence electrons. The molecule has 2 heterocycles. The van der Waals surface area contributed by atoms with Crippen molar-refractivity contribution in [1.29, 1.82) is 0 Å². The van der Waals surface area contributed by atoms with E-state index in [0.717, 1.165) is 5.56 Å². The van der Waals surface area contributed by atoms with Crippen LogP contribution in [-0.4, -0.2) is 89.7 Å². The molecule has 1 aromatic carbocycles. The number of carbonyl (C=O) groups is 4. The van der Waals surface area contributed by atoms with Crippen molar-refractivity contribution in [2.75, 3.05) is 13.7 Å². The number of alkyl carbamates (subject to hydrolysis) is 1. The van der Waals surface area contributed by atoms with E-state index in [9.17, 15) is 27.6 Å². The van der Waals surface area contributed by atoms with Gasteiger partial charge in [0.1, 0.15) is 23.7 Å². The first-order valence-electron chi connectivity index (χ1n) is 15.4. The summed E-state index contributed by atoms with van der Waals surface area (Å²) in [5.41, 5.74) is -0.879. The standard InChI is InChI=1S/C32H40N6O8S/c1-6-20-17-32(20,28(41)37-47(43,44)22-12-13-22)36-26(39)24-16-21(18-38(24)27(40)25(31(2,3)4)35-30(42)45-5)46-29-33-15-14-23(34-29)19-10-8-7-9-11-19/h6-11,14-15,20-22,24-25H,1,12-13,16-18H2,2-5H3,(H,35,42)(H,36,39)(H,37,41). The summed E-state index contributed by atoms with van der Waals surface area (Å²) in [5, 5.41) is 4.68. The number of ether oxygens (including phenoxy) is 2. The van der Waals surface area contributed by atoms with E-state index in [1.807, 2.05) is 30.3 Å². The van der Waals surface area contributed by atoms with Crippen molar-refractivity contribution in [2.45, 2.75) is 75.4 Å². The van der Waals surface area contributed by atoms with Crippen LogP contribution in [0.15, 0.2) is 55.3 Å². The molecular weight excluding hydrogens is 628 g/mol. The first-order valence-corrected chi connectivity index (χ1v) is 16.9. The Labute approximate surface area is 273 Å². The third-order valence-electron chi connectivity index (χ3n) is 8.63. The van der Waals surface area contributed by atoms with Gasteiger partial charge in [-0.2, -0.15) is 4.98 Å². The lowest BCUT2D eigenvalue weighted by Crippen LogP contribution is -2.60. The van der Waals surface area contributed by atoms with Crippen LogP contribution < -0.4 is 20.1 Å². The zero-order valence-corrected chi connectivity index (χ0v) is 27.6. The highest BCUT2D eigenvalue weighted by atomic mass is 32.2. The Bertz CT molecular complexity index is 1660. The van der Waals surface area contributed by atoms with Crippen molar-refractivity contribution in [2.24, 2.45) is 11.3 Å². The predicted octanol–water partition coefficient (Wildman–Crippen LogP) is 1.93. The third-order valence-corrected chi connectivity index (χ3v) is 10.5. The van der Waals surface area contributed by atoms with Crippen molar-refractivity contribution >= 4 is 33.8 Å². The number of methoxy groups -OCH3 is 1. The second-order valence-electron chi connectivity index (χ2n) is 13.2. The van der Waals surface area contributed by atoms with E-state index in [0.29, 0.717) is 18.5 Å². The Morgan fingerprint density at radius 3 is 2.43 bits per heavy atom. The zero-order valence-electron chi connectivity index (χ0n) is 26.8. The van der Waals surface area contributed by atoms with Gasteiger partial charge in [0.25, 0.3) is 5.91 Å². The van der Waals surface area contributed by atoms with E-state index in [-0.39, 0.29) is 25.4 Å². The lowest BCUT2D eigenvalue weighted by Gasteiger charge is -2.35. The molecule has 15 heteroatoms. The van der Waals surface area contributed by atoms with Gasteiger partial charge in [-0.05, 0) is 30.7 Å². The molecule has 0 radical (unpaired) electrons. The monoisotopic (exact) mass is 668 g/mol. The molecule has 1 aliphatic heterocycles. The summed E-state index contributed by atoms with van der Waals surface area (Å²) < 4.78 is 38.1. The highest BCUT2D eigenvalue weighted by Gasteiger charge is 2.62. The van der Waals surface area contributed by atoms with Gasteiger partial charge in [0.15, 0.2) is 0 Å². The predicted molar refractivity (Wildman–Crippen MR) is 170 cm³/mol. The van der Waals surface area contributed by atoms with Gasteiger partial charge in [-0.1, -0.05) is 57.2 Å². The number of amides is 4. The minimum absolute atomic E-state index is 0.00239.